The Bertz CT molecular complexity index is 493. The summed E-state index contributed by atoms with van der Waals surface area (Å²) in [5, 5.41) is 6.05. The predicted octanol–water partition coefficient (Wildman–Crippen LogP) is 2.08. The lowest BCUT2D eigenvalue weighted by Gasteiger charge is -2.32. The van der Waals surface area contributed by atoms with Crippen molar-refractivity contribution >= 4 is 23.3 Å². The first-order valence-electron chi connectivity index (χ1n) is 7.79. The Hall–Kier alpha value is -1.24. The maximum Gasteiger partial charge on any atom is 0.244 e. The van der Waals surface area contributed by atoms with E-state index in [2.05, 4.69) is 15.2 Å². The average molecular weight is 323 g/mol. The third-order valence-electron chi connectivity index (χ3n) is 3.80. The van der Waals surface area contributed by atoms with E-state index in [4.69, 9.17) is 4.74 Å². The number of methoxy groups -OCH3 is 1. The van der Waals surface area contributed by atoms with E-state index < -0.39 is 0 Å². The minimum atomic E-state index is -0.0245. The summed E-state index contributed by atoms with van der Waals surface area (Å²) in [7, 11) is 1.74. The molecule has 1 saturated heterocycles. The number of carbonyl (C=O) groups excluding carboxylic acids is 1. The third kappa shape index (κ3) is 5.87. The van der Waals surface area contributed by atoms with E-state index in [0.29, 0.717) is 0 Å². The van der Waals surface area contributed by atoms with Crippen LogP contribution in [0, 0.1) is 6.92 Å². The lowest BCUT2D eigenvalue weighted by Crippen LogP contribution is -2.44. The fraction of sp³-hybridized carbons (Fsp3) is 0.625. The van der Waals surface area contributed by atoms with Crippen LogP contribution in [0.15, 0.2) is 11.5 Å². The Balaban J connectivity index is 1.67. The number of nitrogens with zero attached hydrogens (tertiary/aromatic N) is 2. The summed E-state index contributed by atoms with van der Waals surface area (Å²) in [6.07, 6.45) is 6.46. The molecule has 2 heterocycles. The molecule has 1 aliphatic heterocycles. The number of likely N-dealkylation sites (tertiary alicyclic amines) is 1. The molecule has 1 fully saturated rings. The zero-order valence-electron chi connectivity index (χ0n) is 13.4. The molecule has 1 aromatic heterocycles. The first-order valence-corrected chi connectivity index (χ1v) is 8.67. The molecule has 0 atom stereocenters. The van der Waals surface area contributed by atoms with E-state index in [1.54, 1.807) is 30.6 Å². The zero-order valence-corrected chi connectivity index (χ0v) is 14.2. The van der Waals surface area contributed by atoms with Gasteiger partial charge in [0.15, 0.2) is 0 Å². The van der Waals surface area contributed by atoms with Crippen LogP contribution in [0.25, 0.3) is 6.08 Å². The van der Waals surface area contributed by atoms with Gasteiger partial charge in [0.2, 0.25) is 5.91 Å². The van der Waals surface area contributed by atoms with Gasteiger partial charge in [0.05, 0.1) is 10.7 Å². The van der Waals surface area contributed by atoms with Crippen LogP contribution < -0.4 is 5.32 Å². The van der Waals surface area contributed by atoms with Crippen LogP contribution in [0.2, 0.25) is 0 Å². The molecule has 122 valence electrons. The van der Waals surface area contributed by atoms with E-state index in [0.717, 1.165) is 56.2 Å². The molecule has 5 nitrogen and oxygen atoms in total. The second-order valence-corrected chi connectivity index (χ2v) is 6.66. The van der Waals surface area contributed by atoms with Gasteiger partial charge in [-0.2, -0.15) is 0 Å². The van der Waals surface area contributed by atoms with Crippen LogP contribution in [0.1, 0.15) is 30.0 Å². The number of piperidine rings is 1. The largest absolute Gasteiger partial charge is 0.385 e. The predicted molar refractivity (Wildman–Crippen MR) is 90.0 cm³/mol. The van der Waals surface area contributed by atoms with E-state index >= 15 is 0 Å². The summed E-state index contributed by atoms with van der Waals surface area (Å²) < 4.78 is 5.08. The Kier molecular flexibility index (Phi) is 7.02. The van der Waals surface area contributed by atoms with Crippen LogP contribution in [-0.2, 0) is 9.53 Å². The van der Waals surface area contributed by atoms with Gasteiger partial charge < -0.3 is 15.0 Å². The first-order chi connectivity index (χ1) is 10.7. The first kappa shape index (κ1) is 17.1. The summed E-state index contributed by atoms with van der Waals surface area (Å²) in [6.45, 7) is 5.95. The van der Waals surface area contributed by atoms with Crippen LogP contribution >= 0.6 is 11.3 Å². The van der Waals surface area contributed by atoms with Gasteiger partial charge in [-0.3, -0.25) is 4.79 Å². The summed E-state index contributed by atoms with van der Waals surface area (Å²) >= 11 is 1.59. The quantitative estimate of drug-likeness (QED) is 0.616. The monoisotopic (exact) mass is 323 g/mol. The van der Waals surface area contributed by atoms with Gasteiger partial charge in [-0.1, -0.05) is 0 Å². The Labute approximate surface area is 136 Å². The number of rotatable bonds is 7. The standard InChI is InChI=1S/C16H25N3O2S/c1-13-17-15(12-22-13)4-5-16(20)18-14-6-9-19(10-7-14)8-3-11-21-2/h4-5,12,14H,3,6-11H2,1-2H3,(H,18,20). The van der Waals surface area contributed by atoms with Gasteiger partial charge in [-0.15, -0.1) is 11.3 Å². The maximum absolute atomic E-state index is 11.9. The highest BCUT2D eigenvalue weighted by Gasteiger charge is 2.19. The molecule has 0 radical (unpaired) electrons. The SMILES string of the molecule is COCCCN1CCC(NC(=O)C=Cc2csc(C)n2)CC1. The molecule has 0 unspecified atom stereocenters. The van der Waals surface area contributed by atoms with Gasteiger partial charge in [0.1, 0.15) is 0 Å². The minimum absolute atomic E-state index is 0.0245. The van der Waals surface area contributed by atoms with Gasteiger partial charge in [-0.25, -0.2) is 4.98 Å². The zero-order chi connectivity index (χ0) is 15.8. The van der Waals surface area contributed by atoms with E-state index in [1.807, 2.05) is 12.3 Å². The molecular formula is C16H25N3O2S. The molecule has 0 aliphatic carbocycles. The van der Waals surface area contributed by atoms with Gasteiger partial charge in [-0.05, 0) is 32.3 Å². The van der Waals surface area contributed by atoms with Crippen molar-refractivity contribution in [3.63, 3.8) is 0 Å². The van der Waals surface area contributed by atoms with Crippen molar-refractivity contribution in [3.05, 3.63) is 22.2 Å². The van der Waals surface area contributed by atoms with Gasteiger partial charge in [0.25, 0.3) is 0 Å². The Morgan fingerprint density at radius 1 is 1.55 bits per heavy atom. The molecule has 6 heteroatoms. The fourth-order valence-electron chi connectivity index (χ4n) is 2.60. The highest BCUT2D eigenvalue weighted by atomic mass is 32.1. The Morgan fingerprint density at radius 2 is 2.32 bits per heavy atom. The lowest BCUT2D eigenvalue weighted by molar-refractivity contribution is -0.117. The molecule has 1 N–H and O–H groups in total. The number of hydrogen-bond donors (Lipinski definition) is 1. The molecule has 0 bridgehead atoms. The van der Waals surface area contributed by atoms with Crippen LogP contribution in [0.4, 0.5) is 0 Å². The van der Waals surface area contributed by atoms with Crippen molar-refractivity contribution in [2.75, 3.05) is 33.4 Å². The lowest BCUT2D eigenvalue weighted by atomic mass is 10.0. The molecular weight excluding hydrogens is 298 g/mol. The maximum atomic E-state index is 11.9. The summed E-state index contributed by atoms with van der Waals surface area (Å²) in [5.74, 6) is -0.0245. The van der Waals surface area contributed by atoms with Crippen molar-refractivity contribution in [2.45, 2.75) is 32.2 Å². The molecule has 1 aromatic rings. The number of thiazole rings is 1. The van der Waals surface area contributed by atoms with E-state index in [1.165, 1.54) is 0 Å². The molecule has 22 heavy (non-hydrogen) atoms. The highest BCUT2D eigenvalue weighted by Crippen LogP contribution is 2.11. The highest BCUT2D eigenvalue weighted by molar-refractivity contribution is 7.09. The number of ether oxygens (including phenoxy) is 1. The van der Waals surface area contributed by atoms with Crippen LogP contribution in [0.5, 0.6) is 0 Å². The topological polar surface area (TPSA) is 54.5 Å². The third-order valence-corrected chi connectivity index (χ3v) is 4.59. The van der Waals surface area contributed by atoms with Crippen LogP contribution in [0.3, 0.4) is 0 Å². The van der Waals surface area contributed by atoms with Crippen molar-refractivity contribution in [1.29, 1.82) is 0 Å². The van der Waals surface area contributed by atoms with E-state index in [-0.39, 0.29) is 11.9 Å². The molecule has 1 aliphatic rings. The van der Waals surface area contributed by atoms with Crippen molar-refractivity contribution < 1.29 is 9.53 Å². The van der Waals surface area contributed by atoms with Crippen molar-refractivity contribution in [3.8, 4) is 0 Å². The number of aromatic nitrogens is 1. The second kappa shape index (κ2) is 9.02. The fourth-order valence-corrected chi connectivity index (χ4v) is 3.18. The average Bonchev–Trinajstić information content (AvgIpc) is 2.93. The summed E-state index contributed by atoms with van der Waals surface area (Å²) in [6, 6.07) is 0.285. The molecule has 0 aromatic carbocycles. The molecule has 1 amide bonds. The minimum Gasteiger partial charge on any atom is -0.385 e. The summed E-state index contributed by atoms with van der Waals surface area (Å²) in [5.41, 5.74) is 0.852. The number of hydrogen-bond acceptors (Lipinski definition) is 5. The van der Waals surface area contributed by atoms with Gasteiger partial charge >= 0.3 is 0 Å². The second-order valence-electron chi connectivity index (χ2n) is 5.60. The molecule has 0 saturated carbocycles. The van der Waals surface area contributed by atoms with Crippen molar-refractivity contribution in [1.82, 2.24) is 15.2 Å². The number of nitrogens with one attached hydrogen (secondary N) is 1. The smallest absolute Gasteiger partial charge is 0.244 e. The number of amides is 1. The van der Waals surface area contributed by atoms with E-state index in [9.17, 15) is 4.79 Å². The van der Waals surface area contributed by atoms with Crippen LogP contribution in [-0.4, -0.2) is 55.2 Å². The Morgan fingerprint density at radius 3 is 2.95 bits per heavy atom. The molecule has 2 rings (SSSR count). The number of aryl methyl sites for hydroxylation is 1. The summed E-state index contributed by atoms with van der Waals surface area (Å²) in [4.78, 5) is 18.7. The van der Waals surface area contributed by atoms with Crippen molar-refractivity contribution in [2.24, 2.45) is 0 Å². The van der Waals surface area contributed by atoms with Gasteiger partial charge in [0, 0.05) is 50.8 Å². The normalized spacial score (nSPS) is 17.2. The molecule has 0 spiro atoms. The number of carbonyl (C=O) groups is 1.